The first-order chi connectivity index (χ1) is 19.7. The minimum Gasteiger partial charge on any atom is -0.394 e. The maximum absolute atomic E-state index is 14.0. The molecule has 210 valence electrons. The number of hydrogen-bond donors (Lipinski definition) is 1. The van der Waals surface area contributed by atoms with Gasteiger partial charge in [-0.15, -0.1) is 10.2 Å². The first-order valence-corrected chi connectivity index (χ1v) is 12.7. The molecule has 0 atom stereocenters. The Morgan fingerprint density at radius 2 is 1.46 bits per heavy atom. The van der Waals surface area contributed by atoms with Gasteiger partial charge in [0, 0.05) is 16.1 Å². The Morgan fingerprint density at radius 3 is 2.10 bits per heavy atom. The summed E-state index contributed by atoms with van der Waals surface area (Å²) in [7, 11) is 0. The van der Waals surface area contributed by atoms with Crippen LogP contribution in [0.5, 0.6) is 0 Å². The summed E-state index contributed by atoms with van der Waals surface area (Å²) in [6.07, 6.45) is -4.68. The molecule has 13 heteroatoms. The second-order valence-corrected chi connectivity index (χ2v) is 9.49. The summed E-state index contributed by atoms with van der Waals surface area (Å²) in [5.41, 5.74) is 0.362. The lowest BCUT2D eigenvalue weighted by Gasteiger charge is -2.13. The van der Waals surface area contributed by atoms with Gasteiger partial charge in [-0.3, -0.25) is 4.79 Å². The van der Waals surface area contributed by atoms with Gasteiger partial charge in [0.15, 0.2) is 11.4 Å². The van der Waals surface area contributed by atoms with E-state index in [-0.39, 0.29) is 47.9 Å². The summed E-state index contributed by atoms with van der Waals surface area (Å²) >= 11 is 6.18. The molecule has 2 aromatic heterocycles. The van der Waals surface area contributed by atoms with Gasteiger partial charge in [0.2, 0.25) is 5.78 Å². The Morgan fingerprint density at radius 1 is 0.829 bits per heavy atom. The smallest absolute Gasteiger partial charge is 0.394 e. The summed E-state index contributed by atoms with van der Waals surface area (Å²) in [4.78, 5) is 14.0. The van der Waals surface area contributed by atoms with Crippen molar-refractivity contribution in [2.75, 3.05) is 6.61 Å². The number of aromatic nitrogens is 6. The fraction of sp³-hybridized carbons (Fsp3) is 0.179. The number of nitrogens with zero attached hydrogens (tertiary/aromatic N) is 6. The number of hydrogen-bond acceptors (Lipinski definition) is 6. The molecular weight excluding hydrogens is 564 g/mol. The molecule has 5 aromatic rings. The molecule has 0 saturated heterocycles. The van der Waals surface area contributed by atoms with Crippen LogP contribution in [0.4, 0.5) is 17.6 Å². The summed E-state index contributed by atoms with van der Waals surface area (Å²) in [5, 5.41) is 26.2. The lowest BCUT2D eigenvalue weighted by atomic mass is 10.0. The van der Waals surface area contributed by atoms with Crippen LogP contribution in [-0.4, -0.2) is 47.5 Å². The quantitative estimate of drug-likeness (QED) is 0.178. The standard InChI is InChI=1S/C28H21ClF4N6O2/c29-22-8-4-7-20(14-22)26-24(34-36-38(26)9-10-40)27(41)23-25(19-5-2-1-3-6-19)39(37-35-23)16-18-11-17(15-30)12-21(13-18)28(31,32)33/h1-8,11-14,40H,9-10,15-16H2. The Hall–Kier alpha value is -4.42. The van der Waals surface area contributed by atoms with E-state index in [1.54, 1.807) is 54.6 Å². The van der Waals surface area contributed by atoms with E-state index >= 15 is 0 Å². The third-order valence-electron chi connectivity index (χ3n) is 6.22. The summed E-state index contributed by atoms with van der Waals surface area (Å²) < 4.78 is 56.5. The maximum Gasteiger partial charge on any atom is 0.416 e. The monoisotopic (exact) mass is 584 g/mol. The van der Waals surface area contributed by atoms with Crippen molar-refractivity contribution in [3.8, 4) is 22.5 Å². The molecule has 0 fully saturated rings. The van der Waals surface area contributed by atoms with E-state index in [1.165, 1.54) is 15.4 Å². The number of aliphatic hydroxyl groups is 1. The van der Waals surface area contributed by atoms with E-state index in [4.69, 9.17) is 11.6 Å². The van der Waals surface area contributed by atoms with Crippen molar-refractivity contribution in [1.29, 1.82) is 0 Å². The molecule has 0 aliphatic rings. The Balaban J connectivity index is 1.63. The third-order valence-corrected chi connectivity index (χ3v) is 6.46. The zero-order valence-corrected chi connectivity index (χ0v) is 21.9. The Labute approximate surface area is 235 Å². The zero-order chi connectivity index (χ0) is 29.1. The molecule has 0 amide bonds. The number of halogens is 5. The lowest BCUT2D eigenvalue weighted by Crippen LogP contribution is -2.11. The molecule has 0 radical (unpaired) electrons. The zero-order valence-electron chi connectivity index (χ0n) is 21.2. The van der Waals surface area contributed by atoms with E-state index < -0.39 is 24.2 Å². The molecule has 5 rings (SSSR count). The molecule has 0 unspecified atom stereocenters. The van der Waals surface area contributed by atoms with Gasteiger partial charge in [0.25, 0.3) is 0 Å². The highest BCUT2D eigenvalue weighted by atomic mass is 35.5. The van der Waals surface area contributed by atoms with Gasteiger partial charge in [-0.05, 0) is 35.4 Å². The Kier molecular flexibility index (Phi) is 7.95. The van der Waals surface area contributed by atoms with Gasteiger partial charge in [0.1, 0.15) is 18.1 Å². The van der Waals surface area contributed by atoms with Crippen LogP contribution in [0.2, 0.25) is 5.02 Å². The minimum absolute atomic E-state index is 0.0484. The van der Waals surface area contributed by atoms with Crippen molar-refractivity contribution in [1.82, 2.24) is 30.0 Å². The molecule has 2 heterocycles. The molecule has 1 N–H and O–H groups in total. The van der Waals surface area contributed by atoms with Gasteiger partial charge in [-0.25, -0.2) is 13.8 Å². The first kappa shape index (κ1) is 28.1. The van der Waals surface area contributed by atoms with E-state index in [9.17, 15) is 27.5 Å². The van der Waals surface area contributed by atoms with Crippen LogP contribution in [0.25, 0.3) is 22.5 Å². The van der Waals surface area contributed by atoms with Crippen molar-refractivity contribution in [3.63, 3.8) is 0 Å². The predicted octanol–water partition coefficient (Wildman–Crippen LogP) is 5.62. The fourth-order valence-electron chi connectivity index (χ4n) is 4.48. The number of aliphatic hydroxyl groups excluding tert-OH is 1. The topological polar surface area (TPSA) is 98.7 Å². The first-order valence-electron chi connectivity index (χ1n) is 12.3. The fourth-order valence-corrected chi connectivity index (χ4v) is 4.67. The number of ketones is 1. The minimum atomic E-state index is -4.68. The van der Waals surface area contributed by atoms with Gasteiger partial charge in [-0.1, -0.05) is 70.6 Å². The van der Waals surface area contributed by atoms with Crippen molar-refractivity contribution in [3.05, 3.63) is 106 Å². The van der Waals surface area contributed by atoms with E-state index in [2.05, 4.69) is 20.6 Å². The highest BCUT2D eigenvalue weighted by molar-refractivity contribution is 6.30. The summed E-state index contributed by atoms with van der Waals surface area (Å²) in [6.45, 7) is -1.53. The highest BCUT2D eigenvalue weighted by Crippen LogP contribution is 2.33. The molecule has 8 nitrogen and oxygen atoms in total. The molecule has 3 aromatic carbocycles. The highest BCUT2D eigenvalue weighted by Gasteiger charge is 2.32. The van der Waals surface area contributed by atoms with Crippen LogP contribution in [0.3, 0.4) is 0 Å². The predicted molar refractivity (Wildman–Crippen MR) is 142 cm³/mol. The van der Waals surface area contributed by atoms with Crippen LogP contribution in [-0.2, 0) is 25.9 Å². The van der Waals surface area contributed by atoms with Crippen LogP contribution in [0.1, 0.15) is 32.9 Å². The number of benzene rings is 3. The summed E-state index contributed by atoms with van der Waals surface area (Å²) in [5.74, 6) is -0.650. The second-order valence-electron chi connectivity index (χ2n) is 9.05. The number of carbonyl (C=O) groups is 1. The molecular formula is C28H21ClF4N6O2. The van der Waals surface area contributed by atoms with Gasteiger partial charge in [-0.2, -0.15) is 13.2 Å². The normalized spacial score (nSPS) is 11.7. The van der Waals surface area contributed by atoms with E-state index in [1.807, 2.05) is 0 Å². The molecule has 0 bridgehead atoms. The lowest BCUT2D eigenvalue weighted by molar-refractivity contribution is -0.137. The van der Waals surface area contributed by atoms with Crippen molar-refractivity contribution in [2.45, 2.75) is 25.9 Å². The van der Waals surface area contributed by atoms with Crippen molar-refractivity contribution < 1.29 is 27.5 Å². The van der Waals surface area contributed by atoms with Gasteiger partial charge < -0.3 is 5.11 Å². The van der Waals surface area contributed by atoms with Crippen molar-refractivity contribution >= 4 is 17.4 Å². The number of rotatable bonds is 9. The largest absolute Gasteiger partial charge is 0.416 e. The van der Waals surface area contributed by atoms with E-state index in [0.29, 0.717) is 21.8 Å². The molecule has 0 saturated carbocycles. The second kappa shape index (κ2) is 11.6. The third kappa shape index (κ3) is 5.88. The number of carbonyl (C=O) groups excluding carboxylic acids is 1. The molecule has 41 heavy (non-hydrogen) atoms. The number of alkyl halides is 4. The summed E-state index contributed by atoms with van der Waals surface area (Å²) in [6, 6.07) is 18.3. The van der Waals surface area contributed by atoms with Gasteiger partial charge >= 0.3 is 6.18 Å². The van der Waals surface area contributed by atoms with Crippen LogP contribution in [0, 0.1) is 0 Å². The molecule has 0 aliphatic heterocycles. The molecule has 0 spiro atoms. The van der Waals surface area contributed by atoms with Gasteiger partial charge in [0.05, 0.1) is 25.3 Å². The van der Waals surface area contributed by atoms with E-state index in [0.717, 1.165) is 12.1 Å². The maximum atomic E-state index is 14.0. The van der Waals surface area contributed by atoms with Crippen molar-refractivity contribution in [2.24, 2.45) is 0 Å². The SMILES string of the molecule is O=C(c1nnn(CCO)c1-c1cccc(Cl)c1)c1nnn(Cc2cc(CF)cc(C(F)(F)F)c2)c1-c1ccccc1. The van der Waals surface area contributed by atoms with Crippen LogP contribution < -0.4 is 0 Å². The molecule has 0 aliphatic carbocycles. The van der Waals surface area contributed by atoms with Crippen LogP contribution >= 0.6 is 11.6 Å². The van der Waals surface area contributed by atoms with Crippen LogP contribution in [0.15, 0.2) is 72.8 Å². The average molecular weight is 585 g/mol. The average Bonchev–Trinajstić information content (AvgIpc) is 3.57. The Bertz CT molecular complexity index is 1700.